The average molecular weight is 324 g/mol. The smallest absolute Gasteiger partial charge is 0.316 e. The van der Waals surface area contributed by atoms with Gasteiger partial charge in [0.2, 0.25) is 0 Å². The topological polar surface area (TPSA) is 68.3 Å². The summed E-state index contributed by atoms with van der Waals surface area (Å²) < 4.78 is 4.99. The van der Waals surface area contributed by atoms with Gasteiger partial charge in [0.15, 0.2) is 0 Å². The molecular formula is C19H20N2O3. The molecule has 2 aromatic rings. The second-order valence-corrected chi connectivity index (χ2v) is 6.01. The van der Waals surface area contributed by atoms with Gasteiger partial charge in [0.1, 0.15) is 5.69 Å². The van der Waals surface area contributed by atoms with Crippen molar-refractivity contribution >= 4 is 11.9 Å². The van der Waals surface area contributed by atoms with Crippen LogP contribution < -0.4 is 5.32 Å². The Labute approximate surface area is 141 Å². The van der Waals surface area contributed by atoms with Crippen molar-refractivity contribution in [2.24, 2.45) is 0 Å². The predicted molar refractivity (Wildman–Crippen MR) is 90.6 cm³/mol. The Hall–Kier alpha value is -2.69. The maximum Gasteiger partial charge on any atom is 0.316 e. The van der Waals surface area contributed by atoms with Crippen LogP contribution in [0.1, 0.15) is 35.3 Å². The van der Waals surface area contributed by atoms with E-state index in [4.69, 9.17) is 4.74 Å². The van der Waals surface area contributed by atoms with Crippen LogP contribution in [0.4, 0.5) is 0 Å². The lowest BCUT2D eigenvalue weighted by molar-refractivity contribution is -0.151. The molecule has 1 aromatic carbocycles. The molecule has 0 radical (unpaired) electrons. The number of carbonyl (C=O) groups is 2. The first-order chi connectivity index (χ1) is 11.6. The summed E-state index contributed by atoms with van der Waals surface area (Å²) in [7, 11) is 3.02. The molecule has 1 amide bonds. The van der Waals surface area contributed by atoms with Crippen LogP contribution in [0.15, 0.2) is 42.6 Å². The van der Waals surface area contributed by atoms with Gasteiger partial charge < -0.3 is 10.1 Å². The van der Waals surface area contributed by atoms with Gasteiger partial charge in [-0.25, -0.2) is 0 Å². The summed E-state index contributed by atoms with van der Waals surface area (Å²) in [6.45, 7) is 0. The maximum absolute atomic E-state index is 12.1. The Morgan fingerprint density at radius 2 is 1.83 bits per heavy atom. The van der Waals surface area contributed by atoms with E-state index in [1.54, 1.807) is 19.3 Å². The lowest BCUT2D eigenvalue weighted by atomic mass is 9.64. The Kier molecular flexibility index (Phi) is 4.34. The summed E-state index contributed by atoms with van der Waals surface area (Å²) >= 11 is 0. The summed E-state index contributed by atoms with van der Waals surface area (Å²) in [6, 6.07) is 11.5. The lowest BCUT2D eigenvalue weighted by Crippen LogP contribution is -2.43. The minimum atomic E-state index is -0.487. The van der Waals surface area contributed by atoms with Crippen molar-refractivity contribution < 1.29 is 14.3 Å². The number of hydrogen-bond donors (Lipinski definition) is 1. The van der Waals surface area contributed by atoms with Gasteiger partial charge in [-0.15, -0.1) is 0 Å². The molecule has 124 valence electrons. The third-order valence-electron chi connectivity index (χ3n) is 4.77. The Bertz CT molecular complexity index is 764. The first kappa shape index (κ1) is 16.2. The van der Waals surface area contributed by atoms with Gasteiger partial charge in [-0.2, -0.15) is 0 Å². The maximum atomic E-state index is 12.1. The fourth-order valence-electron chi connectivity index (χ4n) is 3.18. The molecule has 1 saturated carbocycles. The third kappa shape index (κ3) is 2.66. The fourth-order valence-corrected chi connectivity index (χ4v) is 3.18. The van der Waals surface area contributed by atoms with Gasteiger partial charge in [-0.3, -0.25) is 14.6 Å². The molecule has 1 aliphatic rings. The summed E-state index contributed by atoms with van der Waals surface area (Å²) in [5.41, 5.74) is 2.77. The molecule has 0 spiro atoms. The van der Waals surface area contributed by atoms with Crippen molar-refractivity contribution in [3.8, 4) is 11.1 Å². The van der Waals surface area contributed by atoms with E-state index in [1.807, 2.05) is 30.3 Å². The normalized spacial score (nSPS) is 15.2. The van der Waals surface area contributed by atoms with E-state index in [0.717, 1.165) is 36.0 Å². The molecule has 0 bridgehead atoms. The van der Waals surface area contributed by atoms with Gasteiger partial charge in [-0.1, -0.05) is 30.7 Å². The SMILES string of the molecule is CNC(=O)c1cc(-c2ccc(C3(C(=O)OC)CCC3)cc2)ccn1. The Balaban J connectivity index is 1.90. The van der Waals surface area contributed by atoms with Crippen molar-refractivity contribution in [1.29, 1.82) is 0 Å². The highest BCUT2D eigenvalue weighted by atomic mass is 16.5. The minimum absolute atomic E-state index is 0.160. The number of benzene rings is 1. The fraction of sp³-hybridized carbons (Fsp3) is 0.316. The van der Waals surface area contributed by atoms with E-state index in [1.165, 1.54) is 7.11 Å². The van der Waals surface area contributed by atoms with Crippen LogP contribution in [0.2, 0.25) is 0 Å². The Morgan fingerprint density at radius 1 is 1.12 bits per heavy atom. The van der Waals surface area contributed by atoms with Crippen molar-refractivity contribution in [2.75, 3.05) is 14.2 Å². The van der Waals surface area contributed by atoms with Crippen LogP contribution in [0.5, 0.6) is 0 Å². The first-order valence-electron chi connectivity index (χ1n) is 7.98. The molecule has 0 unspecified atom stereocenters. The number of nitrogens with zero attached hydrogens (tertiary/aromatic N) is 1. The number of esters is 1. The summed E-state index contributed by atoms with van der Waals surface area (Å²) in [4.78, 5) is 27.9. The van der Waals surface area contributed by atoms with Crippen LogP contribution in [-0.4, -0.2) is 31.0 Å². The molecule has 5 nitrogen and oxygen atoms in total. The number of pyridine rings is 1. The van der Waals surface area contributed by atoms with Gasteiger partial charge in [0, 0.05) is 13.2 Å². The molecular weight excluding hydrogens is 304 g/mol. The summed E-state index contributed by atoms with van der Waals surface area (Å²) in [5.74, 6) is -0.375. The number of nitrogens with one attached hydrogen (secondary N) is 1. The molecule has 0 saturated heterocycles. The van der Waals surface area contributed by atoms with Crippen molar-refractivity contribution in [3.63, 3.8) is 0 Å². The van der Waals surface area contributed by atoms with Gasteiger partial charge in [0.25, 0.3) is 5.91 Å². The number of ether oxygens (including phenoxy) is 1. The summed E-state index contributed by atoms with van der Waals surface area (Å²) in [5, 5.41) is 2.57. The molecule has 1 aromatic heterocycles. The van der Waals surface area contributed by atoms with E-state index >= 15 is 0 Å². The molecule has 1 fully saturated rings. The van der Waals surface area contributed by atoms with E-state index in [9.17, 15) is 9.59 Å². The molecule has 1 aliphatic carbocycles. The largest absolute Gasteiger partial charge is 0.468 e. The lowest BCUT2D eigenvalue weighted by Gasteiger charge is -2.39. The monoisotopic (exact) mass is 324 g/mol. The van der Waals surface area contributed by atoms with E-state index in [-0.39, 0.29) is 11.9 Å². The number of carbonyl (C=O) groups excluding carboxylic acids is 2. The molecule has 24 heavy (non-hydrogen) atoms. The zero-order chi connectivity index (χ0) is 17.2. The van der Waals surface area contributed by atoms with Gasteiger partial charge in [0.05, 0.1) is 12.5 Å². The molecule has 0 aliphatic heterocycles. The number of methoxy groups -OCH3 is 1. The number of aromatic nitrogens is 1. The number of rotatable bonds is 4. The standard InChI is InChI=1S/C19H20N2O3/c1-20-17(22)16-12-14(8-11-21-16)13-4-6-15(7-5-13)19(9-3-10-19)18(23)24-2/h4-8,11-12H,3,9-10H2,1-2H3,(H,20,22). The van der Waals surface area contributed by atoms with E-state index < -0.39 is 5.41 Å². The molecule has 1 heterocycles. The van der Waals surface area contributed by atoms with Gasteiger partial charge in [-0.05, 0) is 41.7 Å². The van der Waals surface area contributed by atoms with E-state index in [0.29, 0.717) is 5.69 Å². The van der Waals surface area contributed by atoms with Crippen LogP contribution in [0.25, 0.3) is 11.1 Å². The quantitative estimate of drug-likeness (QED) is 0.878. The average Bonchev–Trinajstić information content (AvgIpc) is 2.60. The Morgan fingerprint density at radius 3 is 2.38 bits per heavy atom. The number of amides is 1. The molecule has 1 N–H and O–H groups in total. The van der Waals surface area contributed by atoms with Crippen molar-refractivity contribution in [2.45, 2.75) is 24.7 Å². The van der Waals surface area contributed by atoms with Crippen LogP contribution in [0.3, 0.4) is 0 Å². The van der Waals surface area contributed by atoms with Crippen LogP contribution >= 0.6 is 0 Å². The molecule has 0 atom stereocenters. The highest BCUT2D eigenvalue weighted by Crippen LogP contribution is 2.45. The van der Waals surface area contributed by atoms with Crippen LogP contribution in [-0.2, 0) is 14.9 Å². The zero-order valence-corrected chi connectivity index (χ0v) is 13.8. The summed E-state index contributed by atoms with van der Waals surface area (Å²) in [6.07, 6.45) is 4.32. The van der Waals surface area contributed by atoms with Crippen molar-refractivity contribution in [3.05, 3.63) is 53.9 Å². The second-order valence-electron chi connectivity index (χ2n) is 6.01. The molecule has 3 rings (SSSR count). The first-order valence-corrected chi connectivity index (χ1v) is 7.98. The highest BCUT2D eigenvalue weighted by molar-refractivity contribution is 5.93. The predicted octanol–water partition coefficient (Wildman–Crippen LogP) is 2.70. The third-order valence-corrected chi connectivity index (χ3v) is 4.77. The van der Waals surface area contributed by atoms with Gasteiger partial charge >= 0.3 is 5.97 Å². The number of hydrogen-bond acceptors (Lipinski definition) is 4. The van der Waals surface area contributed by atoms with E-state index in [2.05, 4.69) is 10.3 Å². The minimum Gasteiger partial charge on any atom is -0.468 e. The zero-order valence-electron chi connectivity index (χ0n) is 13.8. The molecule has 5 heteroatoms. The highest BCUT2D eigenvalue weighted by Gasteiger charge is 2.46. The second kappa shape index (κ2) is 6.43. The van der Waals surface area contributed by atoms with Crippen molar-refractivity contribution in [1.82, 2.24) is 10.3 Å². The van der Waals surface area contributed by atoms with Crippen LogP contribution in [0, 0.1) is 0 Å².